The van der Waals surface area contributed by atoms with Gasteiger partial charge in [-0.1, -0.05) is 0 Å². The number of alkyl halides is 3. The number of nitrogens with zero attached hydrogens (tertiary/aromatic N) is 1. The maximum atomic E-state index is 14.3. The first-order chi connectivity index (χ1) is 11.8. The Morgan fingerprint density at radius 1 is 1.16 bits per heavy atom. The summed E-state index contributed by atoms with van der Waals surface area (Å²) in [6.07, 6.45) is -5.23. The van der Waals surface area contributed by atoms with Gasteiger partial charge in [0.15, 0.2) is 6.17 Å². The van der Waals surface area contributed by atoms with Crippen molar-refractivity contribution in [3.05, 3.63) is 52.8 Å². The summed E-state index contributed by atoms with van der Waals surface area (Å²) in [5, 5.41) is 18.6. The summed E-state index contributed by atoms with van der Waals surface area (Å²) in [7, 11) is 1.19. The highest BCUT2D eigenvalue weighted by atomic mass is 19.3. The molecule has 0 heterocycles. The number of halogens is 4. The van der Waals surface area contributed by atoms with E-state index in [1.54, 1.807) is 6.07 Å². The van der Waals surface area contributed by atoms with Crippen molar-refractivity contribution in [1.82, 2.24) is 0 Å². The Labute approximate surface area is 139 Å². The lowest BCUT2D eigenvalue weighted by Crippen LogP contribution is -2.24. The fourth-order valence-electron chi connectivity index (χ4n) is 2.74. The lowest BCUT2D eigenvalue weighted by atomic mass is 10.1. The fourth-order valence-corrected chi connectivity index (χ4v) is 2.74. The average molecular weight is 353 g/mol. The van der Waals surface area contributed by atoms with E-state index in [2.05, 4.69) is 0 Å². The van der Waals surface area contributed by atoms with E-state index in [-0.39, 0.29) is 22.8 Å². The lowest BCUT2D eigenvalue weighted by molar-refractivity contribution is -0.143. The van der Waals surface area contributed by atoms with E-state index in [4.69, 9.17) is 14.7 Å². The maximum Gasteiger partial charge on any atom is 0.312 e. The zero-order chi connectivity index (χ0) is 18.4. The van der Waals surface area contributed by atoms with Crippen molar-refractivity contribution in [3.8, 4) is 23.3 Å². The van der Waals surface area contributed by atoms with Crippen molar-refractivity contribution in [2.75, 3.05) is 7.11 Å². The van der Waals surface area contributed by atoms with Gasteiger partial charge in [0.05, 0.1) is 18.7 Å². The van der Waals surface area contributed by atoms with Crippen LogP contribution in [0.25, 0.3) is 0 Å². The van der Waals surface area contributed by atoms with Crippen LogP contribution >= 0.6 is 0 Å². The van der Waals surface area contributed by atoms with E-state index in [0.29, 0.717) is 0 Å². The highest BCUT2D eigenvalue weighted by Crippen LogP contribution is 2.58. The molecular formula is C17H11F4NO3. The highest BCUT2D eigenvalue weighted by Gasteiger charge is 2.58. The maximum absolute atomic E-state index is 14.3. The number of ether oxygens (including phenoxy) is 2. The normalized spacial score (nSPS) is 20.7. The molecule has 1 N–H and O–H groups in total. The molecule has 0 aromatic heterocycles. The number of hydrogen-bond acceptors (Lipinski definition) is 4. The topological polar surface area (TPSA) is 62.5 Å². The quantitative estimate of drug-likeness (QED) is 0.841. The van der Waals surface area contributed by atoms with Crippen LogP contribution in [0.15, 0.2) is 30.3 Å². The first-order valence-electron chi connectivity index (χ1n) is 7.09. The Balaban J connectivity index is 2.12. The molecule has 4 nitrogen and oxygen atoms in total. The SMILES string of the molecule is COc1ccc(Oc2cc(F)cc(C#N)c2)c2c1[C@H](O)C(F)(F)[C@@H]2F. The van der Waals surface area contributed by atoms with E-state index in [0.717, 1.165) is 12.1 Å². The summed E-state index contributed by atoms with van der Waals surface area (Å²) >= 11 is 0. The predicted molar refractivity (Wildman–Crippen MR) is 77.9 cm³/mol. The first kappa shape index (κ1) is 17.0. The third kappa shape index (κ3) is 2.66. The Hall–Kier alpha value is -2.79. The predicted octanol–water partition coefficient (Wildman–Crippen LogP) is 4.19. The Morgan fingerprint density at radius 3 is 2.48 bits per heavy atom. The van der Waals surface area contributed by atoms with Crippen molar-refractivity contribution < 1.29 is 32.1 Å². The summed E-state index contributed by atoms with van der Waals surface area (Å²) in [4.78, 5) is 0. The molecule has 2 aromatic carbocycles. The molecule has 130 valence electrons. The molecule has 0 unspecified atom stereocenters. The smallest absolute Gasteiger partial charge is 0.312 e. The second-order valence-electron chi connectivity index (χ2n) is 5.42. The van der Waals surface area contributed by atoms with Crippen molar-refractivity contribution >= 4 is 0 Å². The highest BCUT2D eigenvalue weighted by molar-refractivity contribution is 5.57. The van der Waals surface area contributed by atoms with E-state index in [1.165, 1.54) is 25.3 Å². The van der Waals surface area contributed by atoms with Gasteiger partial charge in [0.2, 0.25) is 0 Å². The Morgan fingerprint density at radius 2 is 1.84 bits per heavy atom. The largest absolute Gasteiger partial charge is 0.496 e. The van der Waals surface area contributed by atoms with Gasteiger partial charge in [0.25, 0.3) is 0 Å². The summed E-state index contributed by atoms with van der Waals surface area (Å²) in [5.41, 5.74) is -1.05. The number of nitriles is 1. The molecule has 0 saturated heterocycles. The molecule has 1 aliphatic rings. The van der Waals surface area contributed by atoms with Crippen molar-refractivity contribution in [3.63, 3.8) is 0 Å². The standard InChI is InChI=1S/C17H11F4NO3/c1-24-11-2-3-12(13-14(11)16(23)17(20,21)15(13)19)25-10-5-8(7-22)4-9(18)6-10/h2-6,15-16,23H,1H3/t15-,16+/m1/s1. The van der Waals surface area contributed by atoms with Crippen LogP contribution < -0.4 is 9.47 Å². The zero-order valence-electron chi connectivity index (χ0n) is 12.8. The molecule has 0 bridgehead atoms. The van der Waals surface area contributed by atoms with Crippen LogP contribution in [0.4, 0.5) is 17.6 Å². The Bertz CT molecular complexity index is 879. The summed E-state index contributed by atoms with van der Waals surface area (Å²) in [5.74, 6) is -5.45. The second-order valence-corrected chi connectivity index (χ2v) is 5.42. The van der Waals surface area contributed by atoms with Gasteiger partial charge < -0.3 is 14.6 Å². The Kier molecular flexibility index (Phi) is 4.05. The molecule has 1 aliphatic carbocycles. The fraction of sp³-hybridized carbons (Fsp3) is 0.235. The summed E-state index contributed by atoms with van der Waals surface area (Å²) in [6, 6.07) is 7.19. The van der Waals surface area contributed by atoms with Gasteiger partial charge in [0.1, 0.15) is 29.2 Å². The molecule has 2 aromatic rings. The summed E-state index contributed by atoms with van der Waals surface area (Å²) in [6.45, 7) is 0. The van der Waals surface area contributed by atoms with Gasteiger partial charge in [-0.25, -0.2) is 8.78 Å². The molecule has 0 fully saturated rings. The van der Waals surface area contributed by atoms with Crippen LogP contribution in [0.2, 0.25) is 0 Å². The third-order valence-electron chi connectivity index (χ3n) is 3.88. The molecule has 25 heavy (non-hydrogen) atoms. The number of hydrogen-bond donors (Lipinski definition) is 1. The number of rotatable bonds is 3. The number of aliphatic hydroxyl groups is 1. The van der Waals surface area contributed by atoms with Gasteiger partial charge in [0, 0.05) is 17.2 Å². The van der Waals surface area contributed by atoms with E-state index in [1.807, 2.05) is 0 Å². The van der Waals surface area contributed by atoms with Gasteiger partial charge in [-0.2, -0.15) is 14.0 Å². The van der Waals surface area contributed by atoms with Gasteiger partial charge >= 0.3 is 5.92 Å². The molecule has 0 aliphatic heterocycles. The molecule has 2 atom stereocenters. The number of aliphatic hydroxyl groups excluding tert-OH is 1. The number of fused-ring (bicyclic) bond motifs is 1. The van der Waals surface area contributed by atoms with Gasteiger partial charge in [-0.05, 0) is 24.3 Å². The molecule has 0 saturated carbocycles. The van der Waals surface area contributed by atoms with E-state index in [9.17, 15) is 22.7 Å². The van der Waals surface area contributed by atoms with Crippen molar-refractivity contribution in [2.24, 2.45) is 0 Å². The monoisotopic (exact) mass is 353 g/mol. The van der Waals surface area contributed by atoms with Crippen LogP contribution in [0.1, 0.15) is 29.0 Å². The van der Waals surface area contributed by atoms with Crippen LogP contribution in [-0.4, -0.2) is 18.1 Å². The molecule has 3 rings (SSSR count). The number of methoxy groups -OCH3 is 1. The first-order valence-corrected chi connectivity index (χ1v) is 7.09. The number of benzene rings is 2. The summed E-state index contributed by atoms with van der Waals surface area (Å²) < 4.78 is 65.8. The van der Waals surface area contributed by atoms with Crippen LogP contribution in [0.3, 0.4) is 0 Å². The van der Waals surface area contributed by atoms with Crippen LogP contribution in [0, 0.1) is 17.1 Å². The zero-order valence-corrected chi connectivity index (χ0v) is 12.8. The van der Waals surface area contributed by atoms with Gasteiger partial charge in [-0.3, -0.25) is 0 Å². The molecule has 8 heteroatoms. The van der Waals surface area contributed by atoms with Crippen LogP contribution in [0.5, 0.6) is 17.2 Å². The molecular weight excluding hydrogens is 342 g/mol. The van der Waals surface area contributed by atoms with E-state index < -0.39 is 35.1 Å². The van der Waals surface area contributed by atoms with Crippen LogP contribution in [-0.2, 0) is 0 Å². The van der Waals surface area contributed by atoms with Crippen molar-refractivity contribution in [1.29, 1.82) is 5.26 Å². The van der Waals surface area contributed by atoms with E-state index >= 15 is 0 Å². The third-order valence-corrected chi connectivity index (χ3v) is 3.88. The molecule has 0 spiro atoms. The minimum atomic E-state index is -4.06. The minimum absolute atomic E-state index is 0.0534. The van der Waals surface area contributed by atoms with Gasteiger partial charge in [-0.15, -0.1) is 0 Å². The minimum Gasteiger partial charge on any atom is -0.496 e. The van der Waals surface area contributed by atoms with Crippen molar-refractivity contribution in [2.45, 2.75) is 18.2 Å². The average Bonchev–Trinajstić information content (AvgIpc) is 2.76. The molecule has 0 radical (unpaired) electrons. The molecule has 0 amide bonds. The second kappa shape index (κ2) is 5.93. The lowest BCUT2D eigenvalue weighted by Gasteiger charge is -2.16.